The van der Waals surface area contributed by atoms with E-state index in [9.17, 15) is 14.4 Å². The zero-order valence-electron chi connectivity index (χ0n) is 18.9. The molecule has 0 saturated heterocycles. The van der Waals surface area contributed by atoms with E-state index in [-0.39, 0.29) is 22.2 Å². The first kappa shape index (κ1) is 22.5. The van der Waals surface area contributed by atoms with Gasteiger partial charge < -0.3 is 10.3 Å². The second-order valence-corrected chi connectivity index (χ2v) is 8.49. The minimum absolute atomic E-state index is 0.228. The SMILES string of the molecule is CC(=O)c1cccc2c(Cl)c([C@H](C)Nc3ncnc4[nH]ccc(=O)c34)n(-c3ccccc3)c(=O)c12. The lowest BCUT2D eigenvalue weighted by Crippen LogP contribution is -2.27. The van der Waals surface area contributed by atoms with Gasteiger partial charge in [0.05, 0.1) is 22.1 Å². The molecule has 0 aliphatic rings. The minimum atomic E-state index is -0.557. The van der Waals surface area contributed by atoms with Gasteiger partial charge in [-0.3, -0.25) is 19.0 Å². The molecule has 9 heteroatoms. The number of ketones is 1. The van der Waals surface area contributed by atoms with Crippen molar-refractivity contribution in [2.75, 3.05) is 5.32 Å². The lowest BCUT2D eigenvalue weighted by Gasteiger charge is -2.23. The molecule has 0 aliphatic heterocycles. The van der Waals surface area contributed by atoms with Crippen molar-refractivity contribution >= 4 is 45.0 Å². The van der Waals surface area contributed by atoms with Crippen LogP contribution in [-0.4, -0.2) is 25.3 Å². The van der Waals surface area contributed by atoms with Crippen LogP contribution in [0.1, 0.15) is 35.9 Å². The Morgan fingerprint density at radius 1 is 1.03 bits per heavy atom. The third-order valence-corrected chi connectivity index (χ3v) is 6.29. The molecule has 0 saturated carbocycles. The van der Waals surface area contributed by atoms with Gasteiger partial charge in [-0.25, -0.2) is 9.97 Å². The second kappa shape index (κ2) is 8.81. The number of fused-ring (bicyclic) bond motifs is 2. The Labute approximate surface area is 204 Å². The van der Waals surface area contributed by atoms with E-state index in [1.165, 1.54) is 30.1 Å². The number of aromatic amines is 1. The summed E-state index contributed by atoms with van der Waals surface area (Å²) in [5.41, 5.74) is 1.14. The molecule has 0 fully saturated rings. The van der Waals surface area contributed by atoms with E-state index in [2.05, 4.69) is 20.3 Å². The highest BCUT2D eigenvalue weighted by atomic mass is 35.5. The lowest BCUT2D eigenvalue weighted by atomic mass is 10.0. The molecule has 0 bridgehead atoms. The highest BCUT2D eigenvalue weighted by molar-refractivity contribution is 6.36. The maximum atomic E-state index is 13.9. The molecule has 2 N–H and O–H groups in total. The number of aromatic nitrogens is 4. The molecule has 174 valence electrons. The van der Waals surface area contributed by atoms with Crippen LogP contribution < -0.4 is 16.3 Å². The molecule has 0 radical (unpaired) electrons. The van der Waals surface area contributed by atoms with Gasteiger partial charge in [0, 0.05) is 28.9 Å². The molecule has 2 aromatic carbocycles. The summed E-state index contributed by atoms with van der Waals surface area (Å²) in [5, 5.41) is 4.59. The van der Waals surface area contributed by atoms with Crippen LogP contribution >= 0.6 is 11.6 Å². The fraction of sp³-hybridized carbons (Fsp3) is 0.115. The number of halogens is 1. The van der Waals surface area contributed by atoms with Crippen LogP contribution in [0.3, 0.4) is 0 Å². The molecule has 5 aromatic rings. The number of carbonyl (C=O) groups is 1. The Kier molecular flexibility index (Phi) is 5.66. The Bertz CT molecular complexity index is 1720. The maximum absolute atomic E-state index is 13.9. The molecule has 35 heavy (non-hydrogen) atoms. The monoisotopic (exact) mass is 485 g/mol. The lowest BCUT2D eigenvalue weighted by molar-refractivity contribution is 0.101. The van der Waals surface area contributed by atoms with Crippen molar-refractivity contribution in [3.8, 4) is 5.69 Å². The predicted octanol–water partition coefficient (Wildman–Crippen LogP) is 4.65. The Hall–Kier alpha value is -4.30. The number of nitrogens with one attached hydrogen (secondary N) is 2. The van der Waals surface area contributed by atoms with Crippen molar-refractivity contribution in [2.45, 2.75) is 19.9 Å². The average molecular weight is 486 g/mol. The number of Topliss-reactive ketones (excluding diaryl/α,β-unsaturated/α-hetero) is 1. The average Bonchev–Trinajstić information content (AvgIpc) is 2.86. The third kappa shape index (κ3) is 3.77. The number of rotatable bonds is 5. The molecule has 3 aromatic heterocycles. The molecule has 0 aliphatic carbocycles. The first-order chi connectivity index (χ1) is 16.9. The summed E-state index contributed by atoms with van der Waals surface area (Å²) >= 11 is 6.94. The van der Waals surface area contributed by atoms with Crippen LogP contribution in [0.15, 0.2) is 76.7 Å². The highest BCUT2D eigenvalue weighted by Crippen LogP contribution is 2.34. The minimum Gasteiger partial charge on any atom is -0.361 e. The van der Waals surface area contributed by atoms with Crippen LogP contribution in [0.25, 0.3) is 27.5 Å². The van der Waals surface area contributed by atoms with Gasteiger partial charge >= 0.3 is 0 Å². The number of hydrogen-bond acceptors (Lipinski definition) is 6. The molecule has 8 nitrogen and oxygen atoms in total. The van der Waals surface area contributed by atoms with Crippen molar-refractivity contribution in [2.24, 2.45) is 0 Å². The molecule has 0 unspecified atom stereocenters. The van der Waals surface area contributed by atoms with Crippen LogP contribution in [0.2, 0.25) is 5.02 Å². The normalized spacial score (nSPS) is 12.1. The number of carbonyl (C=O) groups excluding carboxylic acids is 1. The van der Waals surface area contributed by atoms with E-state index in [0.717, 1.165) is 0 Å². The first-order valence-electron chi connectivity index (χ1n) is 10.9. The summed E-state index contributed by atoms with van der Waals surface area (Å²) in [4.78, 5) is 50.1. The first-order valence-corrected chi connectivity index (χ1v) is 11.3. The van der Waals surface area contributed by atoms with Gasteiger partial charge in [0.1, 0.15) is 23.2 Å². The number of H-pyrrole nitrogens is 1. The highest BCUT2D eigenvalue weighted by Gasteiger charge is 2.24. The predicted molar refractivity (Wildman–Crippen MR) is 137 cm³/mol. The smallest absolute Gasteiger partial charge is 0.264 e. The van der Waals surface area contributed by atoms with Gasteiger partial charge in [0.15, 0.2) is 11.2 Å². The Morgan fingerprint density at radius 3 is 2.54 bits per heavy atom. The van der Waals surface area contributed by atoms with E-state index < -0.39 is 6.04 Å². The van der Waals surface area contributed by atoms with Crippen molar-refractivity contribution in [3.05, 3.63) is 104 Å². The van der Waals surface area contributed by atoms with Gasteiger partial charge in [-0.2, -0.15) is 0 Å². The van der Waals surface area contributed by atoms with E-state index in [0.29, 0.717) is 44.2 Å². The van der Waals surface area contributed by atoms with E-state index >= 15 is 0 Å². The van der Waals surface area contributed by atoms with Crippen LogP contribution in [-0.2, 0) is 0 Å². The number of pyridine rings is 2. The second-order valence-electron chi connectivity index (χ2n) is 8.11. The Balaban J connectivity index is 1.80. The zero-order chi connectivity index (χ0) is 24.7. The van der Waals surface area contributed by atoms with E-state index in [4.69, 9.17) is 11.6 Å². The molecular formula is C26H20ClN5O3. The summed E-state index contributed by atoms with van der Waals surface area (Å²) in [5.74, 6) is 0.0824. The number of hydrogen-bond donors (Lipinski definition) is 2. The summed E-state index contributed by atoms with van der Waals surface area (Å²) < 4.78 is 1.50. The molecule has 3 heterocycles. The number of para-hydroxylation sites is 1. The third-order valence-electron chi connectivity index (χ3n) is 5.89. The van der Waals surface area contributed by atoms with E-state index in [1.807, 2.05) is 25.1 Å². The Morgan fingerprint density at radius 2 is 1.80 bits per heavy atom. The van der Waals surface area contributed by atoms with Crippen LogP contribution in [0.5, 0.6) is 0 Å². The van der Waals surface area contributed by atoms with Crippen molar-refractivity contribution in [3.63, 3.8) is 0 Å². The topological polar surface area (TPSA) is 110 Å². The largest absolute Gasteiger partial charge is 0.361 e. The van der Waals surface area contributed by atoms with Crippen molar-refractivity contribution in [1.82, 2.24) is 19.5 Å². The van der Waals surface area contributed by atoms with Crippen molar-refractivity contribution in [1.29, 1.82) is 0 Å². The van der Waals surface area contributed by atoms with E-state index in [1.54, 1.807) is 30.3 Å². The number of nitrogens with zero attached hydrogens (tertiary/aromatic N) is 3. The summed E-state index contributed by atoms with van der Waals surface area (Å²) in [6, 6.07) is 15.0. The van der Waals surface area contributed by atoms with Crippen LogP contribution in [0, 0.1) is 0 Å². The molecule has 0 amide bonds. The quantitative estimate of drug-likeness (QED) is 0.351. The zero-order valence-corrected chi connectivity index (χ0v) is 19.6. The van der Waals surface area contributed by atoms with Crippen molar-refractivity contribution < 1.29 is 4.79 Å². The molecule has 1 atom stereocenters. The number of benzene rings is 2. The summed E-state index contributed by atoms with van der Waals surface area (Å²) in [6.45, 7) is 3.25. The fourth-order valence-electron chi connectivity index (χ4n) is 4.32. The van der Waals surface area contributed by atoms with Gasteiger partial charge in [-0.15, -0.1) is 0 Å². The fourth-order valence-corrected chi connectivity index (χ4v) is 4.73. The standard InChI is InChI=1S/C26H20ClN5O3/c1-14(31-25-21-19(34)11-12-28-24(21)29-13-30-25)23-22(27)18-10-6-9-17(15(2)33)20(18)26(35)32(23)16-7-4-3-5-8-16/h3-14H,1-2H3,(H2,28,29,30,31,34)/t14-/m0/s1. The van der Waals surface area contributed by atoms with Crippen LogP contribution in [0.4, 0.5) is 5.82 Å². The van der Waals surface area contributed by atoms with Gasteiger partial charge in [0.25, 0.3) is 5.56 Å². The molecule has 0 spiro atoms. The molecule has 5 rings (SSSR count). The maximum Gasteiger partial charge on any atom is 0.264 e. The van der Waals surface area contributed by atoms with Gasteiger partial charge in [-0.05, 0) is 26.0 Å². The number of anilines is 1. The summed E-state index contributed by atoms with van der Waals surface area (Å²) in [7, 11) is 0. The van der Waals surface area contributed by atoms with Gasteiger partial charge in [-0.1, -0.05) is 48.0 Å². The molecular weight excluding hydrogens is 466 g/mol. The van der Waals surface area contributed by atoms with Gasteiger partial charge in [0.2, 0.25) is 0 Å². The summed E-state index contributed by atoms with van der Waals surface area (Å²) in [6.07, 6.45) is 2.86.